The molecule has 224 valence electrons. The molecular formula is C27H26F6N6O3. The SMILES string of the molecule is Cc1cc(F)ccc1-c1nc(NCCN2CCCC2)nc2c1CNC(=O)N2c1c(F)cccc1F.O=C(O)C(F)(F)F. The molecule has 1 aromatic heterocycles. The number of carboxylic acids is 1. The molecule has 3 heterocycles. The van der Waals surface area contributed by atoms with Gasteiger partial charge in [-0.2, -0.15) is 18.2 Å². The van der Waals surface area contributed by atoms with E-state index < -0.39 is 35.5 Å². The van der Waals surface area contributed by atoms with Gasteiger partial charge in [0.15, 0.2) is 5.82 Å². The van der Waals surface area contributed by atoms with Gasteiger partial charge >= 0.3 is 18.2 Å². The fraction of sp³-hybridized carbons (Fsp3) is 0.333. The summed E-state index contributed by atoms with van der Waals surface area (Å²) < 4.78 is 75.0. The number of benzene rings is 2. The van der Waals surface area contributed by atoms with E-state index in [-0.39, 0.29) is 24.1 Å². The number of urea groups is 1. The minimum absolute atomic E-state index is 0.0565. The quantitative estimate of drug-likeness (QED) is 0.328. The monoisotopic (exact) mass is 596 g/mol. The Morgan fingerprint density at radius 1 is 1.07 bits per heavy atom. The van der Waals surface area contributed by atoms with E-state index >= 15 is 0 Å². The van der Waals surface area contributed by atoms with Gasteiger partial charge in [0.2, 0.25) is 5.95 Å². The van der Waals surface area contributed by atoms with Gasteiger partial charge in [-0.1, -0.05) is 6.07 Å². The fourth-order valence-electron chi connectivity index (χ4n) is 4.60. The number of aryl methyl sites for hydroxylation is 1. The van der Waals surface area contributed by atoms with Crippen LogP contribution in [0.4, 0.5) is 48.6 Å². The second-order valence-electron chi connectivity index (χ2n) is 9.50. The van der Waals surface area contributed by atoms with Gasteiger partial charge in [-0.25, -0.2) is 32.6 Å². The summed E-state index contributed by atoms with van der Waals surface area (Å²) in [4.78, 5) is 34.2. The van der Waals surface area contributed by atoms with Crippen LogP contribution in [-0.2, 0) is 11.3 Å². The van der Waals surface area contributed by atoms with E-state index in [1.807, 2.05) is 0 Å². The van der Waals surface area contributed by atoms with Crippen molar-refractivity contribution < 1.29 is 41.0 Å². The summed E-state index contributed by atoms with van der Waals surface area (Å²) in [6, 6.07) is 7.02. The Bertz CT molecular complexity index is 1460. The molecule has 2 aliphatic heterocycles. The second kappa shape index (κ2) is 12.6. The molecule has 2 aromatic carbocycles. The van der Waals surface area contributed by atoms with E-state index in [4.69, 9.17) is 9.90 Å². The van der Waals surface area contributed by atoms with Gasteiger partial charge in [0, 0.05) is 24.2 Å². The van der Waals surface area contributed by atoms with Crippen molar-refractivity contribution in [3.63, 3.8) is 0 Å². The number of hydrogen-bond donors (Lipinski definition) is 3. The molecule has 3 N–H and O–H groups in total. The number of anilines is 3. The minimum Gasteiger partial charge on any atom is -0.475 e. The number of fused-ring (bicyclic) bond motifs is 1. The summed E-state index contributed by atoms with van der Waals surface area (Å²) in [6.45, 7) is 5.23. The molecule has 5 rings (SSSR count). The van der Waals surface area contributed by atoms with Crippen molar-refractivity contribution in [2.24, 2.45) is 0 Å². The molecule has 1 fully saturated rings. The number of alkyl halides is 3. The first-order valence-corrected chi connectivity index (χ1v) is 12.8. The molecule has 0 atom stereocenters. The zero-order valence-corrected chi connectivity index (χ0v) is 22.2. The molecule has 1 saturated heterocycles. The predicted molar refractivity (Wildman–Crippen MR) is 141 cm³/mol. The molecular weight excluding hydrogens is 570 g/mol. The lowest BCUT2D eigenvalue weighted by Gasteiger charge is -2.31. The lowest BCUT2D eigenvalue weighted by molar-refractivity contribution is -0.192. The number of rotatable bonds is 6. The van der Waals surface area contributed by atoms with Crippen molar-refractivity contribution in [3.8, 4) is 11.3 Å². The number of para-hydroxylation sites is 1. The van der Waals surface area contributed by atoms with Gasteiger partial charge in [0.05, 0.1) is 12.2 Å². The first-order chi connectivity index (χ1) is 19.9. The summed E-state index contributed by atoms with van der Waals surface area (Å²) in [7, 11) is 0. The van der Waals surface area contributed by atoms with Crippen molar-refractivity contribution in [1.82, 2.24) is 20.2 Å². The third-order valence-corrected chi connectivity index (χ3v) is 6.57. The van der Waals surface area contributed by atoms with E-state index in [1.165, 1.54) is 31.0 Å². The molecule has 9 nitrogen and oxygen atoms in total. The van der Waals surface area contributed by atoms with Crippen molar-refractivity contribution in [3.05, 3.63) is 65.0 Å². The van der Waals surface area contributed by atoms with Crippen molar-refractivity contribution in [2.45, 2.75) is 32.5 Å². The van der Waals surface area contributed by atoms with Crippen LogP contribution >= 0.6 is 0 Å². The summed E-state index contributed by atoms with van der Waals surface area (Å²) in [5.74, 6) is -4.63. The number of nitrogens with zero attached hydrogens (tertiary/aromatic N) is 4. The van der Waals surface area contributed by atoms with Gasteiger partial charge < -0.3 is 20.6 Å². The molecule has 0 radical (unpaired) electrons. The van der Waals surface area contributed by atoms with Crippen LogP contribution in [0.2, 0.25) is 0 Å². The zero-order chi connectivity index (χ0) is 30.6. The molecule has 0 aliphatic carbocycles. The highest BCUT2D eigenvalue weighted by molar-refractivity contribution is 6.02. The number of hydrogen-bond acceptors (Lipinski definition) is 6. The number of likely N-dealkylation sites (tertiary alicyclic amines) is 1. The predicted octanol–water partition coefficient (Wildman–Crippen LogP) is 5.37. The number of aliphatic carboxylic acids is 1. The molecule has 15 heteroatoms. The number of carbonyl (C=O) groups is 2. The van der Waals surface area contributed by atoms with Gasteiger partial charge in [-0.05, 0) is 68.8 Å². The average Bonchev–Trinajstić information content (AvgIpc) is 3.43. The van der Waals surface area contributed by atoms with E-state index in [0.29, 0.717) is 28.9 Å². The number of carboxylic acid groups (broad SMARTS) is 1. The summed E-state index contributed by atoms with van der Waals surface area (Å²) in [6.07, 6.45) is -2.75. The van der Waals surface area contributed by atoms with E-state index in [0.717, 1.165) is 36.7 Å². The second-order valence-corrected chi connectivity index (χ2v) is 9.50. The third kappa shape index (κ3) is 6.90. The molecule has 2 amide bonds. The molecule has 0 bridgehead atoms. The topological polar surface area (TPSA) is 111 Å². The first-order valence-electron chi connectivity index (χ1n) is 12.8. The highest BCUT2D eigenvalue weighted by atomic mass is 19.4. The van der Waals surface area contributed by atoms with Crippen LogP contribution in [0.3, 0.4) is 0 Å². The smallest absolute Gasteiger partial charge is 0.475 e. The van der Waals surface area contributed by atoms with Crippen LogP contribution in [0.1, 0.15) is 24.0 Å². The van der Waals surface area contributed by atoms with E-state index in [1.54, 1.807) is 13.0 Å². The van der Waals surface area contributed by atoms with Crippen LogP contribution in [0, 0.1) is 24.4 Å². The summed E-state index contributed by atoms with van der Waals surface area (Å²) in [5.41, 5.74) is 1.69. The number of amides is 2. The lowest BCUT2D eigenvalue weighted by Crippen LogP contribution is -2.43. The van der Waals surface area contributed by atoms with Crippen molar-refractivity contribution >= 4 is 29.5 Å². The summed E-state index contributed by atoms with van der Waals surface area (Å²) >= 11 is 0. The van der Waals surface area contributed by atoms with Crippen LogP contribution in [-0.4, -0.2) is 64.3 Å². The van der Waals surface area contributed by atoms with E-state index in [9.17, 15) is 31.1 Å². The van der Waals surface area contributed by atoms with E-state index in [2.05, 4.69) is 25.5 Å². The lowest BCUT2D eigenvalue weighted by atomic mass is 10.00. The van der Waals surface area contributed by atoms with Gasteiger partial charge in [0.1, 0.15) is 23.1 Å². The largest absolute Gasteiger partial charge is 0.490 e. The molecule has 3 aromatic rings. The Kier molecular flexibility index (Phi) is 9.19. The van der Waals surface area contributed by atoms with Gasteiger partial charge in [-0.3, -0.25) is 0 Å². The van der Waals surface area contributed by atoms with Crippen molar-refractivity contribution in [1.29, 1.82) is 0 Å². The molecule has 2 aliphatic rings. The van der Waals surface area contributed by atoms with Gasteiger partial charge in [-0.15, -0.1) is 0 Å². The molecule has 0 unspecified atom stereocenters. The third-order valence-electron chi connectivity index (χ3n) is 6.57. The average molecular weight is 597 g/mol. The van der Waals surface area contributed by atoms with Crippen LogP contribution < -0.4 is 15.5 Å². The Balaban J connectivity index is 0.000000517. The van der Waals surface area contributed by atoms with Crippen LogP contribution in [0.5, 0.6) is 0 Å². The fourth-order valence-corrected chi connectivity index (χ4v) is 4.60. The maximum atomic E-state index is 14.7. The van der Waals surface area contributed by atoms with Gasteiger partial charge in [0.25, 0.3) is 0 Å². The Hall–Kier alpha value is -4.40. The Morgan fingerprint density at radius 2 is 1.71 bits per heavy atom. The number of carbonyl (C=O) groups excluding carboxylic acids is 1. The highest BCUT2D eigenvalue weighted by Crippen LogP contribution is 2.39. The molecule has 0 saturated carbocycles. The Labute approximate surface area is 236 Å². The molecule has 0 spiro atoms. The first kappa shape index (κ1) is 30.6. The zero-order valence-electron chi connectivity index (χ0n) is 22.2. The Morgan fingerprint density at radius 3 is 2.31 bits per heavy atom. The van der Waals surface area contributed by atoms with Crippen molar-refractivity contribution in [2.75, 3.05) is 36.4 Å². The number of halogens is 6. The maximum Gasteiger partial charge on any atom is 0.490 e. The minimum atomic E-state index is -5.08. The normalized spacial score (nSPS) is 15.0. The number of nitrogens with one attached hydrogen (secondary N) is 2. The van der Waals surface area contributed by atoms with Crippen LogP contribution in [0.25, 0.3) is 11.3 Å². The van der Waals surface area contributed by atoms with Crippen LogP contribution in [0.15, 0.2) is 36.4 Å². The molecule has 42 heavy (non-hydrogen) atoms. The maximum absolute atomic E-state index is 14.7. The standard InChI is InChI=1S/C25H25F3N6O.C2HF3O2/c1-15-13-16(26)7-8-17(15)21-18-14-30-25(35)34(22-19(27)5-4-6-20(22)28)23(18)32-24(31-21)29-9-12-33-10-2-3-11-33;3-2(4,5)1(6)7/h4-8,13H,2-3,9-12,14H2,1H3,(H,30,35)(H,29,31,32);(H,6,7). The number of aromatic nitrogens is 2. The highest BCUT2D eigenvalue weighted by Gasteiger charge is 2.38. The summed E-state index contributed by atoms with van der Waals surface area (Å²) in [5, 5.41) is 13.0.